The van der Waals surface area contributed by atoms with Crippen molar-refractivity contribution >= 4 is 21.0 Å². The van der Waals surface area contributed by atoms with Crippen molar-refractivity contribution in [3.63, 3.8) is 0 Å². The first-order valence-corrected chi connectivity index (χ1v) is 5.66. The number of nitrogens with zero attached hydrogens (tertiary/aromatic N) is 1. The fraction of sp³-hybridized carbons (Fsp3) is 0.100. The second-order valence-electron chi connectivity index (χ2n) is 2.33. The Morgan fingerprint density at radius 3 is 2.58 bits per heavy atom. The average molecular weight is 222 g/mol. The summed E-state index contributed by atoms with van der Waals surface area (Å²) in [4.78, 5) is 2.19. The number of rotatable bonds is 3. The van der Waals surface area contributed by atoms with Gasteiger partial charge in [0.05, 0.1) is 0 Å². The summed E-state index contributed by atoms with van der Waals surface area (Å²) in [6.45, 7) is 3.67. The van der Waals surface area contributed by atoms with Crippen LogP contribution in [0.2, 0.25) is 0 Å². The van der Waals surface area contributed by atoms with E-state index in [1.807, 2.05) is 18.2 Å². The molecule has 0 aromatic heterocycles. The minimum absolute atomic E-state index is 0.0930. The Morgan fingerprint density at radius 2 is 2.08 bits per heavy atom. The predicted octanol–water partition coefficient (Wildman–Crippen LogP) is 2.01. The van der Waals surface area contributed by atoms with Gasteiger partial charge in [-0.05, 0) is 0 Å². The molecule has 0 fully saturated rings. The molecule has 60 valence electrons. The Morgan fingerprint density at radius 1 is 1.42 bits per heavy atom. The van der Waals surface area contributed by atoms with Crippen molar-refractivity contribution in [1.82, 2.24) is 0 Å². The topological polar surface area (TPSA) is 23.8 Å². The van der Waals surface area contributed by atoms with Crippen LogP contribution in [0.15, 0.2) is 30.8 Å². The van der Waals surface area contributed by atoms with Gasteiger partial charge in [0.1, 0.15) is 0 Å². The zero-order chi connectivity index (χ0) is 8.81. The van der Waals surface area contributed by atoms with Crippen LogP contribution >= 0.6 is 0 Å². The van der Waals surface area contributed by atoms with Gasteiger partial charge in [0.15, 0.2) is 0 Å². The second-order valence-corrected chi connectivity index (χ2v) is 3.92. The molecule has 1 aromatic carbocycles. The maximum atomic E-state index is 8.39. The molecular formula is C10H9NSe. The van der Waals surface area contributed by atoms with Crippen LogP contribution in [0.4, 0.5) is 0 Å². The first-order valence-electron chi connectivity index (χ1n) is 3.59. The summed E-state index contributed by atoms with van der Waals surface area (Å²) in [5.41, 5.74) is 2.37. The number of nitriles is 1. The molecular weight excluding hydrogens is 213 g/mol. The Bertz CT molecular complexity index is 295. The summed E-state index contributed by atoms with van der Waals surface area (Å²) in [7, 11) is 0. The molecule has 0 aliphatic heterocycles. The van der Waals surface area contributed by atoms with Crippen LogP contribution in [0.5, 0.6) is 0 Å². The van der Waals surface area contributed by atoms with Crippen LogP contribution < -0.4 is 0 Å². The summed E-state index contributed by atoms with van der Waals surface area (Å²) in [6, 6.07) is 8.15. The van der Waals surface area contributed by atoms with Crippen LogP contribution in [0.25, 0.3) is 6.08 Å². The normalized spacial score (nSPS) is 8.92. The third-order valence-electron chi connectivity index (χ3n) is 1.52. The molecule has 0 aliphatic carbocycles. The molecule has 0 atom stereocenters. The van der Waals surface area contributed by atoms with Crippen molar-refractivity contribution in [2.45, 2.75) is 5.32 Å². The van der Waals surface area contributed by atoms with Crippen molar-refractivity contribution in [3.8, 4) is 4.97 Å². The monoisotopic (exact) mass is 223 g/mol. The molecule has 1 rings (SSSR count). The molecule has 0 bridgehead atoms. The van der Waals surface area contributed by atoms with Gasteiger partial charge in [-0.2, -0.15) is 0 Å². The average Bonchev–Trinajstić information content (AvgIpc) is 2.15. The second kappa shape index (κ2) is 4.77. The molecule has 1 nitrogen and oxygen atoms in total. The van der Waals surface area contributed by atoms with E-state index in [0.29, 0.717) is 0 Å². The van der Waals surface area contributed by atoms with E-state index in [1.165, 1.54) is 5.56 Å². The quantitative estimate of drug-likeness (QED) is 0.717. The van der Waals surface area contributed by atoms with E-state index in [2.05, 4.69) is 23.7 Å². The molecule has 0 radical (unpaired) electrons. The summed E-state index contributed by atoms with van der Waals surface area (Å²) >= 11 is 0.0930. The SMILES string of the molecule is C=Cc1ccc(C[Se]C#N)cc1. The molecule has 0 saturated carbocycles. The molecule has 2 heteroatoms. The third kappa shape index (κ3) is 2.54. The molecule has 12 heavy (non-hydrogen) atoms. The Labute approximate surface area is 78.9 Å². The van der Waals surface area contributed by atoms with Crippen LogP contribution in [0.3, 0.4) is 0 Å². The zero-order valence-electron chi connectivity index (χ0n) is 6.66. The van der Waals surface area contributed by atoms with E-state index in [4.69, 9.17) is 5.26 Å². The Kier molecular flexibility index (Phi) is 3.60. The van der Waals surface area contributed by atoms with Crippen molar-refractivity contribution < 1.29 is 0 Å². The van der Waals surface area contributed by atoms with E-state index < -0.39 is 0 Å². The van der Waals surface area contributed by atoms with Gasteiger partial charge < -0.3 is 0 Å². The summed E-state index contributed by atoms with van der Waals surface area (Å²) < 4.78 is 0. The van der Waals surface area contributed by atoms with E-state index in [9.17, 15) is 0 Å². The van der Waals surface area contributed by atoms with E-state index >= 15 is 0 Å². The van der Waals surface area contributed by atoms with Crippen LogP contribution in [-0.2, 0) is 5.32 Å². The Balaban J connectivity index is 2.66. The predicted molar refractivity (Wildman–Crippen MR) is 51.6 cm³/mol. The first kappa shape index (κ1) is 9.06. The number of hydrogen-bond donors (Lipinski definition) is 0. The van der Waals surface area contributed by atoms with Gasteiger partial charge in [0.25, 0.3) is 0 Å². The van der Waals surface area contributed by atoms with Gasteiger partial charge in [0.2, 0.25) is 0 Å². The minimum atomic E-state index is 0.0930. The molecule has 0 N–H and O–H groups in total. The fourth-order valence-electron chi connectivity index (χ4n) is 0.866. The van der Waals surface area contributed by atoms with E-state index in [1.54, 1.807) is 0 Å². The zero-order valence-corrected chi connectivity index (χ0v) is 8.37. The van der Waals surface area contributed by atoms with Gasteiger partial charge in [-0.1, -0.05) is 0 Å². The number of hydrogen-bond acceptors (Lipinski definition) is 1. The van der Waals surface area contributed by atoms with Crippen molar-refractivity contribution in [1.29, 1.82) is 5.26 Å². The molecule has 0 unspecified atom stereocenters. The summed E-state index contributed by atoms with van der Waals surface area (Å²) in [6.07, 6.45) is 1.82. The third-order valence-corrected chi connectivity index (χ3v) is 2.79. The first-order chi connectivity index (χ1) is 5.86. The Hall–Kier alpha value is -1.03. The number of benzene rings is 1. The van der Waals surface area contributed by atoms with Crippen molar-refractivity contribution in [3.05, 3.63) is 42.0 Å². The van der Waals surface area contributed by atoms with E-state index in [-0.39, 0.29) is 15.0 Å². The maximum absolute atomic E-state index is 8.39. The van der Waals surface area contributed by atoms with Gasteiger partial charge in [-0.25, -0.2) is 0 Å². The fourth-order valence-corrected chi connectivity index (χ4v) is 1.75. The van der Waals surface area contributed by atoms with Gasteiger partial charge in [-0.3, -0.25) is 0 Å². The molecule has 1 aromatic rings. The van der Waals surface area contributed by atoms with Gasteiger partial charge in [0, 0.05) is 0 Å². The molecule has 0 saturated heterocycles. The van der Waals surface area contributed by atoms with Crippen molar-refractivity contribution in [2.75, 3.05) is 0 Å². The van der Waals surface area contributed by atoms with Crippen LogP contribution in [-0.4, -0.2) is 15.0 Å². The summed E-state index contributed by atoms with van der Waals surface area (Å²) in [5.74, 6) is 0. The van der Waals surface area contributed by atoms with Gasteiger partial charge >= 0.3 is 78.6 Å². The van der Waals surface area contributed by atoms with E-state index in [0.717, 1.165) is 10.9 Å². The van der Waals surface area contributed by atoms with Crippen LogP contribution in [0.1, 0.15) is 11.1 Å². The summed E-state index contributed by atoms with van der Waals surface area (Å²) in [5, 5.41) is 9.29. The van der Waals surface area contributed by atoms with Crippen molar-refractivity contribution in [2.24, 2.45) is 0 Å². The van der Waals surface area contributed by atoms with Crippen LogP contribution in [0, 0.1) is 10.2 Å². The molecule has 0 spiro atoms. The molecule has 0 amide bonds. The standard InChI is InChI=1S/C10H9NSe/c1-2-9-3-5-10(6-4-9)7-12-8-11/h2-6H,1,7H2. The molecule has 0 heterocycles. The molecule has 0 aliphatic rings. The van der Waals surface area contributed by atoms with Gasteiger partial charge in [-0.15, -0.1) is 0 Å².